The monoisotopic (exact) mass is 350 g/mol. The van der Waals surface area contributed by atoms with Gasteiger partial charge in [0.1, 0.15) is 12.4 Å². The molecule has 0 heterocycles. The van der Waals surface area contributed by atoms with Gasteiger partial charge in [0.15, 0.2) is 0 Å². The molecular weight excluding hydrogens is 325 g/mol. The normalized spacial score (nSPS) is 11.1. The van der Waals surface area contributed by atoms with Crippen molar-refractivity contribution < 1.29 is 85.6 Å². The summed E-state index contributed by atoms with van der Waals surface area (Å²) in [6.07, 6.45) is 0. The molecule has 5 nitrogen and oxygen atoms in total. The van der Waals surface area contributed by atoms with Crippen molar-refractivity contribution in [2.24, 2.45) is 0 Å². The minimum atomic E-state index is -4.43. The molecule has 0 spiro atoms. The molecule has 1 aromatic rings. The molecule has 8 heteroatoms. The van der Waals surface area contributed by atoms with Crippen LogP contribution in [0.3, 0.4) is 0 Å². The summed E-state index contributed by atoms with van der Waals surface area (Å²) in [5.41, 5.74) is 2.18. The molecule has 0 bridgehead atoms. The second kappa shape index (κ2) is 11.6. The number of benzene rings is 1. The molecule has 2 N–H and O–H groups in total. The number of phosphoric acid groups is 1. The van der Waals surface area contributed by atoms with Crippen LogP contribution in [0.2, 0.25) is 0 Å². The maximum Gasteiger partial charge on any atom is 1.00 e. The van der Waals surface area contributed by atoms with Crippen molar-refractivity contribution in [1.82, 2.24) is 0 Å². The minimum Gasteiger partial charge on any atom is -1.00 e. The SMILES string of the molecule is CC(C)c1cccc(C(C)C)c1OCCOP(=O)(O)O.[H-].[H-].[Na+].[Na+]. The van der Waals surface area contributed by atoms with Gasteiger partial charge in [-0.2, -0.15) is 0 Å². The molecule has 118 valence electrons. The van der Waals surface area contributed by atoms with Gasteiger partial charge in [-0.3, -0.25) is 4.52 Å². The van der Waals surface area contributed by atoms with Gasteiger partial charge in [-0.05, 0) is 23.0 Å². The van der Waals surface area contributed by atoms with E-state index in [4.69, 9.17) is 14.5 Å². The molecule has 0 fully saturated rings. The van der Waals surface area contributed by atoms with Gasteiger partial charge in [0.05, 0.1) is 6.61 Å². The van der Waals surface area contributed by atoms with Gasteiger partial charge < -0.3 is 17.4 Å². The maximum atomic E-state index is 10.6. The predicted molar refractivity (Wildman–Crippen MR) is 80.3 cm³/mol. The number of para-hydroxylation sites is 1. The molecule has 0 saturated carbocycles. The molecular formula is C14H25Na2O5P. The summed E-state index contributed by atoms with van der Waals surface area (Å²) in [7, 11) is -4.43. The van der Waals surface area contributed by atoms with Crippen molar-refractivity contribution in [1.29, 1.82) is 0 Å². The molecule has 1 aromatic carbocycles. The van der Waals surface area contributed by atoms with Crippen LogP contribution < -0.4 is 63.9 Å². The largest absolute Gasteiger partial charge is 1.00 e. The van der Waals surface area contributed by atoms with E-state index in [0.717, 1.165) is 16.9 Å². The fourth-order valence-corrected chi connectivity index (χ4v) is 2.26. The Morgan fingerprint density at radius 2 is 1.50 bits per heavy atom. The van der Waals surface area contributed by atoms with Crippen LogP contribution in [0.15, 0.2) is 18.2 Å². The van der Waals surface area contributed by atoms with Crippen LogP contribution in [0, 0.1) is 0 Å². The second-order valence-electron chi connectivity index (χ2n) is 5.25. The fourth-order valence-electron chi connectivity index (χ4n) is 1.95. The first-order valence-electron chi connectivity index (χ1n) is 6.68. The Bertz CT molecular complexity index is 472. The van der Waals surface area contributed by atoms with E-state index in [9.17, 15) is 4.57 Å². The first kappa shape index (κ1) is 25.4. The van der Waals surface area contributed by atoms with Crippen molar-refractivity contribution in [2.75, 3.05) is 13.2 Å². The van der Waals surface area contributed by atoms with Crippen molar-refractivity contribution >= 4 is 7.82 Å². The van der Waals surface area contributed by atoms with Crippen molar-refractivity contribution in [3.63, 3.8) is 0 Å². The quantitative estimate of drug-likeness (QED) is 0.327. The van der Waals surface area contributed by atoms with Crippen molar-refractivity contribution in [3.05, 3.63) is 29.3 Å². The second-order valence-corrected chi connectivity index (χ2v) is 6.49. The Morgan fingerprint density at radius 1 is 1.05 bits per heavy atom. The third-order valence-corrected chi connectivity index (χ3v) is 3.43. The summed E-state index contributed by atoms with van der Waals surface area (Å²) in [6.45, 7) is 8.29. The van der Waals surface area contributed by atoms with Gasteiger partial charge in [-0.25, -0.2) is 4.57 Å². The van der Waals surface area contributed by atoms with Gasteiger partial charge >= 0.3 is 66.9 Å². The van der Waals surface area contributed by atoms with E-state index in [1.807, 2.05) is 18.2 Å². The summed E-state index contributed by atoms with van der Waals surface area (Å²) in [6, 6.07) is 6.02. The summed E-state index contributed by atoms with van der Waals surface area (Å²) in [5.74, 6) is 1.42. The third-order valence-electron chi connectivity index (χ3n) is 2.91. The van der Waals surface area contributed by atoms with Gasteiger partial charge in [-0.1, -0.05) is 45.9 Å². The number of hydrogen-bond donors (Lipinski definition) is 2. The molecule has 0 unspecified atom stereocenters. The van der Waals surface area contributed by atoms with Crippen LogP contribution in [0.4, 0.5) is 0 Å². The number of ether oxygens (including phenoxy) is 1. The summed E-state index contributed by atoms with van der Waals surface area (Å²) >= 11 is 0. The van der Waals surface area contributed by atoms with Gasteiger partial charge in [-0.15, -0.1) is 0 Å². The molecule has 0 aliphatic rings. The standard InChI is InChI=1S/C14H23O5P.2Na.2H/c1-10(2)12-6-5-7-13(11(3)4)14(12)18-8-9-19-20(15,16)17;;;;/h5-7,10-11H,8-9H2,1-4H3,(H2,15,16,17);;;;/q;2*+1;2*-1. The Morgan fingerprint density at radius 3 is 1.86 bits per heavy atom. The zero-order valence-corrected chi connectivity index (χ0v) is 19.3. The average molecular weight is 350 g/mol. The molecule has 0 atom stereocenters. The predicted octanol–water partition coefficient (Wildman–Crippen LogP) is -2.35. The Labute approximate surface area is 180 Å². The molecule has 0 saturated heterocycles. The molecule has 22 heavy (non-hydrogen) atoms. The first-order chi connectivity index (χ1) is 9.22. The molecule has 0 aliphatic carbocycles. The van der Waals surface area contributed by atoms with Gasteiger partial charge in [0, 0.05) is 0 Å². The van der Waals surface area contributed by atoms with Crippen molar-refractivity contribution in [3.8, 4) is 5.75 Å². The van der Waals surface area contributed by atoms with Gasteiger partial charge in [0.2, 0.25) is 0 Å². The fraction of sp³-hybridized carbons (Fsp3) is 0.571. The van der Waals surface area contributed by atoms with Crippen LogP contribution in [-0.4, -0.2) is 23.0 Å². The van der Waals surface area contributed by atoms with E-state index in [0.29, 0.717) is 11.8 Å². The minimum absolute atomic E-state index is 0. The summed E-state index contributed by atoms with van der Waals surface area (Å²) in [5, 5.41) is 0. The Balaban J connectivity index is -0.000000500. The number of hydrogen-bond acceptors (Lipinski definition) is 3. The Hall–Kier alpha value is 1.13. The van der Waals surface area contributed by atoms with E-state index in [2.05, 4.69) is 32.2 Å². The summed E-state index contributed by atoms with van der Waals surface area (Å²) in [4.78, 5) is 17.3. The average Bonchev–Trinajstić information content (AvgIpc) is 2.32. The maximum absolute atomic E-state index is 10.6. The molecule has 0 aliphatic heterocycles. The smallest absolute Gasteiger partial charge is 1.00 e. The Kier molecular flexibility index (Phi) is 13.4. The topological polar surface area (TPSA) is 76.0 Å². The van der Waals surface area contributed by atoms with E-state index in [1.165, 1.54) is 0 Å². The van der Waals surface area contributed by atoms with Crippen LogP contribution >= 0.6 is 7.82 Å². The summed E-state index contributed by atoms with van der Waals surface area (Å²) < 4.78 is 20.7. The van der Waals surface area contributed by atoms with Gasteiger partial charge in [0.25, 0.3) is 0 Å². The van der Waals surface area contributed by atoms with E-state index >= 15 is 0 Å². The van der Waals surface area contributed by atoms with Crippen LogP contribution in [0.25, 0.3) is 0 Å². The van der Waals surface area contributed by atoms with E-state index in [1.54, 1.807) is 0 Å². The van der Waals surface area contributed by atoms with Crippen LogP contribution in [0.5, 0.6) is 5.75 Å². The zero-order valence-electron chi connectivity index (χ0n) is 16.4. The zero-order chi connectivity index (χ0) is 15.3. The number of rotatable bonds is 7. The van der Waals surface area contributed by atoms with Crippen LogP contribution in [-0.2, 0) is 9.09 Å². The number of phosphoric ester groups is 1. The van der Waals surface area contributed by atoms with E-state index < -0.39 is 7.82 Å². The van der Waals surface area contributed by atoms with E-state index in [-0.39, 0.29) is 75.2 Å². The van der Waals surface area contributed by atoms with Crippen molar-refractivity contribution in [2.45, 2.75) is 39.5 Å². The van der Waals surface area contributed by atoms with Crippen LogP contribution in [0.1, 0.15) is 53.5 Å². The molecule has 0 aromatic heterocycles. The molecule has 0 radical (unpaired) electrons. The molecule has 0 amide bonds. The third kappa shape index (κ3) is 8.84. The first-order valence-corrected chi connectivity index (χ1v) is 8.21. The molecule has 1 rings (SSSR count).